The van der Waals surface area contributed by atoms with E-state index in [1.807, 2.05) is 16.9 Å². The van der Waals surface area contributed by atoms with Crippen LogP contribution in [0.3, 0.4) is 0 Å². The summed E-state index contributed by atoms with van der Waals surface area (Å²) in [6, 6.07) is 7.09. The molecule has 5 nitrogen and oxygen atoms in total. The van der Waals surface area contributed by atoms with Gasteiger partial charge in [0, 0.05) is 12.1 Å². The maximum absolute atomic E-state index is 10.8. The first kappa shape index (κ1) is 23.9. The number of nitrogens with zero attached hydrogens (tertiary/aromatic N) is 3. The number of aldehydes is 1. The second kappa shape index (κ2) is 13.9. The molecule has 156 valence electrons. The van der Waals surface area contributed by atoms with Gasteiger partial charge in [0.05, 0.1) is 6.20 Å². The second-order valence-corrected chi connectivity index (χ2v) is 8.28. The molecule has 0 aliphatic rings. The van der Waals surface area contributed by atoms with Crippen molar-refractivity contribution in [3.05, 3.63) is 41.7 Å². The highest BCUT2D eigenvalue weighted by atomic mass is 16.5. The Morgan fingerprint density at radius 1 is 1.07 bits per heavy atom. The highest BCUT2D eigenvalue weighted by molar-refractivity contribution is 5.75. The van der Waals surface area contributed by atoms with Crippen LogP contribution in [0.25, 0.3) is 0 Å². The minimum atomic E-state index is 0.358. The molecule has 0 aliphatic heterocycles. The van der Waals surface area contributed by atoms with Crippen LogP contribution in [0.5, 0.6) is 5.75 Å². The maximum Gasteiger partial charge on any atom is 0.150 e. The zero-order valence-corrected chi connectivity index (χ0v) is 18.2. The first-order valence-corrected chi connectivity index (χ1v) is 10.5. The summed E-state index contributed by atoms with van der Waals surface area (Å²) in [5.74, 6) is 2.30. The second-order valence-electron chi connectivity index (χ2n) is 8.28. The van der Waals surface area contributed by atoms with E-state index >= 15 is 0 Å². The summed E-state index contributed by atoms with van der Waals surface area (Å²) in [5.41, 5.74) is 1.40. The molecule has 1 heterocycles. The van der Waals surface area contributed by atoms with Gasteiger partial charge in [0.1, 0.15) is 24.3 Å². The molecule has 0 N–H and O–H groups in total. The predicted octanol–water partition coefficient (Wildman–Crippen LogP) is 5.94. The van der Waals surface area contributed by atoms with Gasteiger partial charge in [-0.25, -0.2) is 0 Å². The Balaban J connectivity index is 0.000000892. The number of unbranched alkanes of at least 4 members (excludes halogenated alkanes) is 3. The van der Waals surface area contributed by atoms with Gasteiger partial charge in [-0.3, -0.25) is 9.48 Å². The summed E-state index contributed by atoms with van der Waals surface area (Å²) in [6.07, 6.45) is 9.02. The summed E-state index contributed by atoms with van der Waals surface area (Å²) in [4.78, 5) is 10.8. The fourth-order valence-corrected chi connectivity index (χ4v) is 2.53. The lowest BCUT2D eigenvalue weighted by molar-refractivity contribution is 0.112. The number of benzene rings is 1. The lowest BCUT2D eigenvalue weighted by atomic mass is 10.0. The van der Waals surface area contributed by atoms with Crippen LogP contribution in [0.1, 0.15) is 82.8 Å². The Labute approximate surface area is 170 Å². The normalized spacial score (nSPS) is 10.7. The Hall–Kier alpha value is -2.17. The van der Waals surface area contributed by atoms with Gasteiger partial charge >= 0.3 is 0 Å². The highest BCUT2D eigenvalue weighted by Gasteiger charge is 2.03. The Bertz CT molecular complexity index is 663. The third-order valence-electron chi connectivity index (χ3n) is 3.89. The number of ether oxygens (including phenoxy) is 1. The van der Waals surface area contributed by atoms with Crippen LogP contribution in [0, 0.1) is 11.8 Å². The van der Waals surface area contributed by atoms with Crippen molar-refractivity contribution in [1.82, 2.24) is 15.0 Å². The van der Waals surface area contributed by atoms with Crippen molar-refractivity contribution in [3.8, 4) is 5.75 Å². The molecule has 0 saturated carbocycles. The molecule has 2 aromatic rings. The molecule has 5 heteroatoms. The van der Waals surface area contributed by atoms with Crippen LogP contribution in [-0.2, 0) is 13.2 Å². The molecular formula is C23H37N3O2. The summed E-state index contributed by atoms with van der Waals surface area (Å²) in [5, 5.41) is 8.27. The van der Waals surface area contributed by atoms with E-state index in [9.17, 15) is 4.79 Å². The molecule has 0 aliphatic carbocycles. The first-order chi connectivity index (χ1) is 13.4. The number of rotatable bonds is 11. The number of carbonyl (C=O) groups is 1. The Morgan fingerprint density at radius 2 is 1.79 bits per heavy atom. The van der Waals surface area contributed by atoms with Crippen LogP contribution in [-0.4, -0.2) is 21.3 Å². The van der Waals surface area contributed by atoms with Crippen molar-refractivity contribution in [2.75, 3.05) is 0 Å². The van der Waals surface area contributed by atoms with Gasteiger partial charge in [-0.1, -0.05) is 77.6 Å². The van der Waals surface area contributed by atoms with E-state index in [1.54, 1.807) is 18.2 Å². The molecule has 0 amide bonds. The van der Waals surface area contributed by atoms with Gasteiger partial charge in [0.15, 0.2) is 0 Å². The zero-order chi connectivity index (χ0) is 20.8. The fourth-order valence-electron chi connectivity index (χ4n) is 2.53. The van der Waals surface area contributed by atoms with Gasteiger partial charge in [-0.15, -0.1) is 5.10 Å². The third-order valence-corrected chi connectivity index (χ3v) is 3.89. The van der Waals surface area contributed by atoms with Crippen molar-refractivity contribution >= 4 is 6.29 Å². The molecule has 0 saturated heterocycles. The average Bonchev–Trinajstić information content (AvgIpc) is 3.10. The standard InChI is InChI=1S/C19H27N3O2.C4H10/c1-16(2)8-5-3-4-6-11-22-13-18(20-21-22)15-24-19-10-7-9-17(12-19)14-23;1-4(2)3/h7,9-10,12-14,16H,3-6,8,11,15H2,1-2H3;4H,1-3H3. The maximum atomic E-state index is 10.8. The van der Waals surface area contributed by atoms with Crippen LogP contribution < -0.4 is 4.74 Å². The van der Waals surface area contributed by atoms with Crippen LogP contribution in [0.2, 0.25) is 0 Å². The third kappa shape index (κ3) is 11.5. The molecule has 2 rings (SSSR count). The van der Waals surface area contributed by atoms with Gasteiger partial charge in [-0.05, 0) is 30.4 Å². The van der Waals surface area contributed by atoms with Crippen LogP contribution >= 0.6 is 0 Å². The number of aryl methyl sites for hydroxylation is 1. The van der Waals surface area contributed by atoms with Crippen molar-refractivity contribution < 1.29 is 9.53 Å². The van der Waals surface area contributed by atoms with Crippen molar-refractivity contribution in [3.63, 3.8) is 0 Å². The van der Waals surface area contributed by atoms with Gasteiger partial charge in [0.25, 0.3) is 0 Å². The smallest absolute Gasteiger partial charge is 0.150 e. The van der Waals surface area contributed by atoms with Gasteiger partial charge in [0.2, 0.25) is 0 Å². The molecule has 1 aromatic carbocycles. The quantitative estimate of drug-likeness (QED) is 0.354. The lowest BCUT2D eigenvalue weighted by Gasteiger charge is -2.04. The summed E-state index contributed by atoms with van der Waals surface area (Å²) < 4.78 is 7.53. The molecule has 0 fully saturated rings. The molecule has 0 unspecified atom stereocenters. The summed E-state index contributed by atoms with van der Waals surface area (Å²) in [7, 11) is 0. The Kier molecular flexibility index (Phi) is 11.9. The number of hydrogen-bond donors (Lipinski definition) is 0. The van der Waals surface area contributed by atoms with E-state index in [0.717, 1.165) is 36.8 Å². The van der Waals surface area contributed by atoms with Crippen molar-refractivity contribution in [2.45, 2.75) is 79.9 Å². The first-order valence-electron chi connectivity index (χ1n) is 10.5. The van der Waals surface area contributed by atoms with Gasteiger partial charge < -0.3 is 4.74 Å². The molecule has 0 radical (unpaired) electrons. The molecule has 0 bridgehead atoms. The topological polar surface area (TPSA) is 57.0 Å². The molecule has 28 heavy (non-hydrogen) atoms. The highest BCUT2D eigenvalue weighted by Crippen LogP contribution is 2.14. The predicted molar refractivity (Wildman–Crippen MR) is 115 cm³/mol. The minimum Gasteiger partial charge on any atom is -0.487 e. The summed E-state index contributed by atoms with van der Waals surface area (Å²) >= 11 is 0. The van der Waals surface area contributed by atoms with Crippen molar-refractivity contribution in [1.29, 1.82) is 0 Å². The number of carbonyl (C=O) groups excluding carboxylic acids is 1. The van der Waals surface area contributed by atoms with E-state index in [2.05, 4.69) is 44.9 Å². The SMILES string of the molecule is CC(C)C.CC(C)CCCCCCn1cc(COc2cccc(C=O)c2)nn1. The fraction of sp³-hybridized carbons (Fsp3) is 0.609. The molecule has 1 aromatic heterocycles. The van der Waals surface area contributed by atoms with E-state index in [1.165, 1.54) is 25.7 Å². The van der Waals surface area contributed by atoms with Crippen molar-refractivity contribution in [2.24, 2.45) is 11.8 Å². The zero-order valence-electron chi connectivity index (χ0n) is 18.2. The lowest BCUT2D eigenvalue weighted by Crippen LogP contribution is -1.99. The van der Waals surface area contributed by atoms with E-state index < -0.39 is 0 Å². The van der Waals surface area contributed by atoms with Crippen LogP contribution in [0.15, 0.2) is 30.5 Å². The minimum absolute atomic E-state index is 0.358. The Morgan fingerprint density at radius 3 is 2.46 bits per heavy atom. The van der Waals surface area contributed by atoms with E-state index in [0.29, 0.717) is 17.9 Å². The monoisotopic (exact) mass is 387 g/mol. The van der Waals surface area contributed by atoms with Gasteiger partial charge in [-0.2, -0.15) is 0 Å². The summed E-state index contributed by atoms with van der Waals surface area (Å²) in [6.45, 7) is 12.3. The number of hydrogen-bond acceptors (Lipinski definition) is 4. The largest absolute Gasteiger partial charge is 0.487 e. The number of aromatic nitrogens is 3. The molecule has 0 atom stereocenters. The average molecular weight is 388 g/mol. The van der Waals surface area contributed by atoms with Crippen LogP contribution in [0.4, 0.5) is 0 Å². The van der Waals surface area contributed by atoms with E-state index in [-0.39, 0.29) is 0 Å². The molecule has 0 spiro atoms. The molecular weight excluding hydrogens is 350 g/mol. The van der Waals surface area contributed by atoms with E-state index in [4.69, 9.17) is 4.74 Å².